The van der Waals surface area contributed by atoms with Crippen LogP contribution in [0.15, 0.2) is 12.3 Å². The molecule has 1 aliphatic rings. The van der Waals surface area contributed by atoms with Gasteiger partial charge in [-0.3, -0.25) is 0 Å². The van der Waals surface area contributed by atoms with Gasteiger partial charge in [0.15, 0.2) is 0 Å². The van der Waals surface area contributed by atoms with Gasteiger partial charge in [0.2, 0.25) is 0 Å². The maximum atomic E-state index is 4.45. The first kappa shape index (κ1) is 14.4. The van der Waals surface area contributed by atoms with Crippen molar-refractivity contribution in [2.45, 2.75) is 65.5 Å². The molecular formula is C16H27N3. The lowest BCUT2D eigenvalue weighted by Crippen LogP contribution is -2.28. The molecule has 1 aromatic rings. The summed E-state index contributed by atoms with van der Waals surface area (Å²) in [5.74, 6) is 2.62. The van der Waals surface area contributed by atoms with Crippen LogP contribution in [0.2, 0.25) is 0 Å². The molecule has 0 spiro atoms. The first-order valence-corrected chi connectivity index (χ1v) is 7.67. The molecule has 0 radical (unpaired) electrons. The quantitative estimate of drug-likeness (QED) is 0.843. The van der Waals surface area contributed by atoms with Crippen molar-refractivity contribution in [1.82, 2.24) is 15.3 Å². The molecule has 2 rings (SSSR count). The lowest BCUT2D eigenvalue weighted by Gasteiger charge is -2.19. The zero-order chi connectivity index (χ0) is 13.7. The van der Waals surface area contributed by atoms with Crippen LogP contribution >= 0.6 is 0 Å². The Morgan fingerprint density at radius 2 is 2.11 bits per heavy atom. The van der Waals surface area contributed by atoms with Crippen LogP contribution in [0.5, 0.6) is 0 Å². The lowest BCUT2D eigenvalue weighted by molar-refractivity contribution is 0.337. The minimum Gasteiger partial charge on any atom is -0.308 e. The Hall–Kier alpha value is -0.960. The van der Waals surface area contributed by atoms with Gasteiger partial charge in [-0.05, 0) is 44.1 Å². The molecular weight excluding hydrogens is 234 g/mol. The predicted molar refractivity (Wildman–Crippen MR) is 78.8 cm³/mol. The van der Waals surface area contributed by atoms with Gasteiger partial charge >= 0.3 is 0 Å². The van der Waals surface area contributed by atoms with E-state index in [1.165, 1.54) is 32.1 Å². The summed E-state index contributed by atoms with van der Waals surface area (Å²) in [7, 11) is 0. The minimum atomic E-state index is 0.666. The van der Waals surface area contributed by atoms with Crippen molar-refractivity contribution in [2.75, 3.05) is 0 Å². The van der Waals surface area contributed by atoms with E-state index in [1.54, 1.807) is 0 Å². The van der Waals surface area contributed by atoms with E-state index in [-0.39, 0.29) is 0 Å². The van der Waals surface area contributed by atoms with Crippen molar-refractivity contribution in [3.8, 4) is 0 Å². The molecule has 1 fully saturated rings. The summed E-state index contributed by atoms with van der Waals surface area (Å²) >= 11 is 0. The van der Waals surface area contributed by atoms with Crippen molar-refractivity contribution in [3.05, 3.63) is 23.8 Å². The van der Waals surface area contributed by atoms with Crippen molar-refractivity contribution in [3.63, 3.8) is 0 Å². The van der Waals surface area contributed by atoms with Crippen LogP contribution in [0, 0.1) is 18.8 Å². The van der Waals surface area contributed by atoms with E-state index in [2.05, 4.69) is 29.1 Å². The first-order valence-electron chi connectivity index (χ1n) is 7.67. The van der Waals surface area contributed by atoms with Crippen molar-refractivity contribution < 1.29 is 0 Å². The standard InChI is InChI=1S/C16H27N3/c1-12(2)14-5-4-6-15(8-7-14)18-11-16-9-10-17-13(3)19-16/h9-10,12,14-15,18H,4-8,11H2,1-3H3. The molecule has 1 saturated carbocycles. The SMILES string of the molecule is Cc1nccc(CNC2CCCC(C(C)C)CC2)n1. The molecule has 0 amide bonds. The zero-order valence-corrected chi connectivity index (χ0v) is 12.5. The molecule has 2 atom stereocenters. The van der Waals surface area contributed by atoms with Crippen molar-refractivity contribution >= 4 is 0 Å². The Morgan fingerprint density at radius 3 is 2.84 bits per heavy atom. The normalized spacial score (nSPS) is 24.4. The fourth-order valence-electron chi connectivity index (χ4n) is 3.05. The number of hydrogen-bond acceptors (Lipinski definition) is 3. The molecule has 0 bridgehead atoms. The average molecular weight is 261 g/mol. The maximum absolute atomic E-state index is 4.45. The van der Waals surface area contributed by atoms with E-state index in [0.29, 0.717) is 6.04 Å². The van der Waals surface area contributed by atoms with Gasteiger partial charge in [-0.2, -0.15) is 0 Å². The van der Waals surface area contributed by atoms with Gasteiger partial charge in [-0.1, -0.05) is 26.7 Å². The maximum Gasteiger partial charge on any atom is 0.125 e. The van der Waals surface area contributed by atoms with Crippen LogP contribution in [-0.4, -0.2) is 16.0 Å². The topological polar surface area (TPSA) is 37.8 Å². The smallest absolute Gasteiger partial charge is 0.125 e. The predicted octanol–water partition coefficient (Wildman–Crippen LogP) is 3.48. The number of aromatic nitrogens is 2. The highest BCUT2D eigenvalue weighted by molar-refractivity contribution is 5.01. The largest absolute Gasteiger partial charge is 0.308 e. The van der Waals surface area contributed by atoms with Gasteiger partial charge in [-0.15, -0.1) is 0 Å². The Balaban J connectivity index is 1.80. The van der Waals surface area contributed by atoms with Crippen LogP contribution in [0.1, 0.15) is 57.5 Å². The van der Waals surface area contributed by atoms with Gasteiger partial charge < -0.3 is 5.32 Å². The number of rotatable bonds is 4. The van der Waals surface area contributed by atoms with Crippen LogP contribution in [0.25, 0.3) is 0 Å². The third-order valence-corrected chi connectivity index (χ3v) is 4.36. The second-order valence-corrected chi connectivity index (χ2v) is 6.19. The highest BCUT2D eigenvalue weighted by atomic mass is 14.9. The van der Waals surface area contributed by atoms with Gasteiger partial charge in [-0.25, -0.2) is 9.97 Å². The molecule has 0 aromatic carbocycles. The third kappa shape index (κ3) is 4.57. The van der Waals surface area contributed by atoms with Crippen LogP contribution in [0.4, 0.5) is 0 Å². The van der Waals surface area contributed by atoms with Crippen LogP contribution in [-0.2, 0) is 6.54 Å². The molecule has 0 aliphatic heterocycles. The van der Waals surface area contributed by atoms with E-state index < -0.39 is 0 Å². The lowest BCUT2D eigenvalue weighted by atomic mass is 9.89. The van der Waals surface area contributed by atoms with Crippen molar-refractivity contribution in [1.29, 1.82) is 0 Å². The fourth-order valence-corrected chi connectivity index (χ4v) is 3.05. The highest BCUT2D eigenvalue weighted by Crippen LogP contribution is 2.28. The summed E-state index contributed by atoms with van der Waals surface area (Å²) in [5, 5.41) is 3.67. The Labute approximate surface area is 117 Å². The highest BCUT2D eigenvalue weighted by Gasteiger charge is 2.20. The first-order chi connectivity index (χ1) is 9.15. The average Bonchev–Trinajstić information content (AvgIpc) is 2.62. The number of nitrogens with one attached hydrogen (secondary N) is 1. The van der Waals surface area contributed by atoms with E-state index in [9.17, 15) is 0 Å². The van der Waals surface area contributed by atoms with E-state index in [0.717, 1.165) is 29.9 Å². The Morgan fingerprint density at radius 1 is 1.26 bits per heavy atom. The minimum absolute atomic E-state index is 0.666. The zero-order valence-electron chi connectivity index (χ0n) is 12.5. The summed E-state index contributed by atoms with van der Waals surface area (Å²) in [5.41, 5.74) is 1.11. The second-order valence-electron chi connectivity index (χ2n) is 6.19. The molecule has 3 nitrogen and oxygen atoms in total. The monoisotopic (exact) mass is 261 g/mol. The molecule has 19 heavy (non-hydrogen) atoms. The van der Waals surface area contributed by atoms with E-state index >= 15 is 0 Å². The molecule has 1 aliphatic carbocycles. The summed E-state index contributed by atoms with van der Waals surface area (Å²) in [4.78, 5) is 8.59. The molecule has 2 unspecified atom stereocenters. The fraction of sp³-hybridized carbons (Fsp3) is 0.750. The van der Waals surface area contributed by atoms with Gasteiger partial charge in [0, 0.05) is 18.8 Å². The van der Waals surface area contributed by atoms with Crippen molar-refractivity contribution in [2.24, 2.45) is 11.8 Å². The summed E-state index contributed by atoms with van der Waals surface area (Å²) in [6, 6.07) is 2.67. The molecule has 1 N–H and O–H groups in total. The summed E-state index contributed by atoms with van der Waals surface area (Å²) in [6.07, 6.45) is 8.62. The van der Waals surface area contributed by atoms with Gasteiger partial charge in [0.1, 0.15) is 5.82 Å². The van der Waals surface area contributed by atoms with E-state index in [4.69, 9.17) is 0 Å². The molecule has 106 valence electrons. The number of nitrogens with zero attached hydrogens (tertiary/aromatic N) is 2. The summed E-state index contributed by atoms with van der Waals surface area (Å²) in [6.45, 7) is 7.55. The molecule has 3 heteroatoms. The number of aryl methyl sites for hydroxylation is 1. The van der Waals surface area contributed by atoms with E-state index in [1.807, 2.05) is 19.2 Å². The van der Waals surface area contributed by atoms with Crippen LogP contribution < -0.4 is 5.32 Å². The third-order valence-electron chi connectivity index (χ3n) is 4.36. The molecule has 1 heterocycles. The number of hydrogen-bond donors (Lipinski definition) is 1. The second kappa shape index (κ2) is 6.99. The summed E-state index contributed by atoms with van der Waals surface area (Å²) < 4.78 is 0. The van der Waals surface area contributed by atoms with Gasteiger partial charge in [0.25, 0.3) is 0 Å². The Bertz CT molecular complexity index is 389. The molecule has 0 saturated heterocycles. The van der Waals surface area contributed by atoms with Crippen LogP contribution in [0.3, 0.4) is 0 Å². The Kier molecular flexibility index (Phi) is 5.32. The van der Waals surface area contributed by atoms with Gasteiger partial charge in [0.05, 0.1) is 5.69 Å². The molecule has 1 aromatic heterocycles.